The van der Waals surface area contributed by atoms with Gasteiger partial charge < -0.3 is 15.4 Å². The molecule has 1 aromatic carbocycles. The van der Waals surface area contributed by atoms with Crippen molar-refractivity contribution in [3.8, 4) is 0 Å². The van der Waals surface area contributed by atoms with Gasteiger partial charge in [0, 0.05) is 24.6 Å². The lowest BCUT2D eigenvalue weighted by molar-refractivity contribution is -0.147. The Morgan fingerprint density at radius 3 is 2.58 bits per heavy atom. The predicted octanol–water partition coefficient (Wildman–Crippen LogP) is 2.08. The van der Waals surface area contributed by atoms with E-state index in [1.807, 2.05) is 32.0 Å². The summed E-state index contributed by atoms with van der Waals surface area (Å²) in [5.41, 5.74) is 2.91. The largest absolute Gasteiger partial charge is 0.456 e. The van der Waals surface area contributed by atoms with Gasteiger partial charge in [0.05, 0.1) is 6.42 Å². The van der Waals surface area contributed by atoms with Crippen LogP contribution in [0.15, 0.2) is 36.7 Å². The molecule has 24 heavy (non-hydrogen) atoms. The molecular formula is C17H20N4O3. The second kappa shape index (κ2) is 8.61. The van der Waals surface area contributed by atoms with Crippen LogP contribution in [0.5, 0.6) is 0 Å². The molecule has 0 bridgehead atoms. The zero-order valence-electron chi connectivity index (χ0n) is 13.7. The summed E-state index contributed by atoms with van der Waals surface area (Å²) >= 11 is 0. The minimum atomic E-state index is -0.464. The minimum absolute atomic E-state index is 0.120. The van der Waals surface area contributed by atoms with E-state index in [2.05, 4.69) is 20.6 Å². The molecule has 1 aromatic heterocycles. The molecule has 0 aliphatic carbocycles. The molecule has 2 N–H and O–H groups in total. The number of nitrogens with zero attached hydrogens (tertiary/aromatic N) is 2. The smallest absolute Gasteiger partial charge is 0.308 e. The molecule has 0 aliphatic heterocycles. The van der Waals surface area contributed by atoms with Gasteiger partial charge in [-0.15, -0.1) is 0 Å². The van der Waals surface area contributed by atoms with Crippen LogP contribution in [0, 0.1) is 13.8 Å². The number of rotatable bonds is 7. The van der Waals surface area contributed by atoms with Gasteiger partial charge >= 0.3 is 5.97 Å². The maximum absolute atomic E-state index is 11.8. The van der Waals surface area contributed by atoms with Crippen LogP contribution in [0.25, 0.3) is 0 Å². The number of hydrogen-bond acceptors (Lipinski definition) is 6. The lowest BCUT2D eigenvalue weighted by Crippen LogP contribution is -2.22. The second-order valence-electron chi connectivity index (χ2n) is 5.26. The first-order valence-electron chi connectivity index (χ1n) is 7.58. The maximum atomic E-state index is 11.8. The molecule has 1 heterocycles. The molecule has 0 unspecified atom stereocenters. The van der Waals surface area contributed by atoms with Gasteiger partial charge in [0.2, 0.25) is 5.95 Å². The highest BCUT2D eigenvalue weighted by molar-refractivity contribution is 5.92. The lowest BCUT2D eigenvalue weighted by atomic mass is 10.1. The number of nitrogens with one attached hydrogen (secondary N) is 2. The third kappa shape index (κ3) is 5.68. The molecule has 7 heteroatoms. The molecule has 0 spiro atoms. The lowest BCUT2D eigenvalue weighted by Gasteiger charge is -2.08. The van der Waals surface area contributed by atoms with Gasteiger partial charge in [0.1, 0.15) is 0 Å². The Kier molecular flexibility index (Phi) is 6.24. The number of esters is 1. The Bertz CT molecular complexity index is 704. The average molecular weight is 328 g/mol. The summed E-state index contributed by atoms with van der Waals surface area (Å²) in [4.78, 5) is 31.3. The molecule has 126 valence electrons. The van der Waals surface area contributed by atoms with Gasteiger partial charge in [-0.05, 0) is 43.2 Å². The topological polar surface area (TPSA) is 93.2 Å². The number of ether oxygens (including phenoxy) is 1. The molecule has 7 nitrogen and oxygen atoms in total. The van der Waals surface area contributed by atoms with Crippen molar-refractivity contribution in [2.24, 2.45) is 0 Å². The van der Waals surface area contributed by atoms with Gasteiger partial charge in [-0.25, -0.2) is 9.97 Å². The summed E-state index contributed by atoms with van der Waals surface area (Å²) in [5, 5.41) is 5.59. The minimum Gasteiger partial charge on any atom is -0.456 e. The molecule has 0 fully saturated rings. The summed E-state index contributed by atoms with van der Waals surface area (Å²) < 4.78 is 4.94. The van der Waals surface area contributed by atoms with Crippen molar-refractivity contribution in [1.29, 1.82) is 0 Å². The fourth-order valence-electron chi connectivity index (χ4n) is 1.90. The Hall–Kier alpha value is -2.96. The third-order valence-electron chi connectivity index (χ3n) is 3.33. The molecular weight excluding hydrogens is 308 g/mol. The van der Waals surface area contributed by atoms with E-state index in [9.17, 15) is 9.59 Å². The van der Waals surface area contributed by atoms with E-state index in [-0.39, 0.29) is 18.9 Å². The maximum Gasteiger partial charge on any atom is 0.308 e. The van der Waals surface area contributed by atoms with Gasteiger partial charge in [-0.3, -0.25) is 9.59 Å². The van der Waals surface area contributed by atoms with E-state index >= 15 is 0 Å². The van der Waals surface area contributed by atoms with Gasteiger partial charge in [-0.1, -0.05) is 6.07 Å². The van der Waals surface area contributed by atoms with E-state index in [1.54, 1.807) is 18.5 Å². The summed E-state index contributed by atoms with van der Waals surface area (Å²) in [6, 6.07) is 7.31. The Morgan fingerprint density at radius 2 is 1.88 bits per heavy atom. The zero-order valence-corrected chi connectivity index (χ0v) is 13.7. The first kappa shape index (κ1) is 17.4. The molecule has 0 saturated heterocycles. The van der Waals surface area contributed by atoms with Crippen LogP contribution >= 0.6 is 0 Å². The molecule has 2 rings (SSSR count). The Morgan fingerprint density at radius 1 is 1.12 bits per heavy atom. The summed E-state index contributed by atoms with van der Waals surface area (Å²) in [7, 11) is 0. The van der Waals surface area contributed by atoms with Crippen LogP contribution in [0.1, 0.15) is 17.5 Å². The van der Waals surface area contributed by atoms with Crippen molar-refractivity contribution in [2.45, 2.75) is 20.3 Å². The van der Waals surface area contributed by atoms with Crippen molar-refractivity contribution in [3.05, 3.63) is 47.8 Å². The molecule has 0 aliphatic rings. The predicted molar refractivity (Wildman–Crippen MR) is 90.6 cm³/mol. The average Bonchev–Trinajstić information content (AvgIpc) is 2.57. The monoisotopic (exact) mass is 328 g/mol. The van der Waals surface area contributed by atoms with Gasteiger partial charge in [0.25, 0.3) is 5.91 Å². The van der Waals surface area contributed by atoms with Crippen LogP contribution in [-0.4, -0.2) is 35.0 Å². The number of benzene rings is 1. The first-order chi connectivity index (χ1) is 11.5. The van der Waals surface area contributed by atoms with E-state index in [4.69, 9.17) is 4.74 Å². The molecule has 0 saturated carbocycles. The van der Waals surface area contributed by atoms with Crippen molar-refractivity contribution >= 4 is 23.5 Å². The quantitative estimate of drug-likeness (QED) is 0.756. The number of aryl methyl sites for hydroxylation is 2. The van der Waals surface area contributed by atoms with Crippen molar-refractivity contribution in [2.75, 3.05) is 23.8 Å². The number of aromatic nitrogens is 2. The van der Waals surface area contributed by atoms with E-state index in [0.29, 0.717) is 18.2 Å². The van der Waals surface area contributed by atoms with Crippen molar-refractivity contribution < 1.29 is 14.3 Å². The molecule has 1 amide bonds. The standard InChI is InChI=1S/C17H20N4O3/c1-12-4-5-14(10-13(12)2)21-15(22)11-24-16(23)6-9-20-17-18-7-3-8-19-17/h3-5,7-8,10H,6,9,11H2,1-2H3,(H,21,22)(H,18,19,20). The van der Waals surface area contributed by atoms with Crippen LogP contribution in [0.4, 0.5) is 11.6 Å². The fraction of sp³-hybridized carbons (Fsp3) is 0.294. The van der Waals surface area contributed by atoms with E-state index in [1.165, 1.54) is 0 Å². The first-order valence-corrected chi connectivity index (χ1v) is 7.58. The molecule has 2 aromatic rings. The highest BCUT2D eigenvalue weighted by Crippen LogP contribution is 2.13. The third-order valence-corrected chi connectivity index (χ3v) is 3.33. The normalized spacial score (nSPS) is 10.1. The van der Waals surface area contributed by atoms with Crippen molar-refractivity contribution in [1.82, 2.24) is 9.97 Å². The Balaban J connectivity index is 1.67. The highest BCUT2D eigenvalue weighted by atomic mass is 16.5. The number of hydrogen-bond donors (Lipinski definition) is 2. The van der Waals surface area contributed by atoms with Crippen LogP contribution < -0.4 is 10.6 Å². The Labute approximate surface area is 140 Å². The number of amides is 1. The van der Waals surface area contributed by atoms with Crippen LogP contribution in [-0.2, 0) is 14.3 Å². The van der Waals surface area contributed by atoms with Gasteiger partial charge in [0.15, 0.2) is 6.61 Å². The summed E-state index contributed by atoms with van der Waals surface area (Å²) in [5.74, 6) is -0.391. The molecule has 0 radical (unpaired) electrons. The number of carbonyl (C=O) groups excluding carboxylic acids is 2. The zero-order chi connectivity index (χ0) is 17.4. The number of carbonyl (C=O) groups is 2. The SMILES string of the molecule is Cc1ccc(NC(=O)COC(=O)CCNc2ncccn2)cc1C. The highest BCUT2D eigenvalue weighted by Gasteiger charge is 2.08. The van der Waals surface area contributed by atoms with E-state index < -0.39 is 5.97 Å². The number of anilines is 2. The second-order valence-corrected chi connectivity index (χ2v) is 5.26. The molecule has 0 atom stereocenters. The summed E-state index contributed by atoms with van der Waals surface area (Å²) in [6.07, 6.45) is 3.32. The summed E-state index contributed by atoms with van der Waals surface area (Å²) in [6.45, 7) is 3.99. The van der Waals surface area contributed by atoms with Crippen molar-refractivity contribution in [3.63, 3.8) is 0 Å². The van der Waals surface area contributed by atoms with Crippen LogP contribution in [0.2, 0.25) is 0 Å². The van der Waals surface area contributed by atoms with Gasteiger partial charge in [-0.2, -0.15) is 0 Å². The van der Waals surface area contributed by atoms with E-state index in [0.717, 1.165) is 11.1 Å². The fourth-order valence-corrected chi connectivity index (χ4v) is 1.90. The van der Waals surface area contributed by atoms with Crippen LogP contribution in [0.3, 0.4) is 0 Å².